The smallest absolute Gasteiger partial charge is 0.252 e. The van der Waals surface area contributed by atoms with Gasteiger partial charge in [-0.05, 0) is 12.8 Å². The van der Waals surface area contributed by atoms with E-state index in [1.165, 1.54) is 6.07 Å². The van der Waals surface area contributed by atoms with Crippen LogP contribution in [0.4, 0.5) is 5.82 Å². The van der Waals surface area contributed by atoms with E-state index in [0.29, 0.717) is 24.1 Å². The number of H-pyrrole nitrogens is 1. The Labute approximate surface area is 103 Å². The summed E-state index contributed by atoms with van der Waals surface area (Å²) in [5.41, 5.74) is -0.122. The fourth-order valence-corrected chi connectivity index (χ4v) is 1.75. The molecule has 0 atom stereocenters. The molecule has 2 N–H and O–H groups in total. The highest BCUT2D eigenvalue weighted by molar-refractivity contribution is 5.34. The molecular formula is C11H14N6O. The van der Waals surface area contributed by atoms with Gasteiger partial charge in [0.1, 0.15) is 18.0 Å². The van der Waals surface area contributed by atoms with Crippen LogP contribution in [0.1, 0.15) is 30.4 Å². The lowest BCUT2D eigenvalue weighted by Gasteiger charge is -2.04. The number of hydrogen-bond donors (Lipinski definition) is 2. The molecule has 0 amide bonds. The third-order valence-corrected chi connectivity index (χ3v) is 2.80. The lowest BCUT2D eigenvalue weighted by Crippen LogP contribution is -2.13. The standard InChI is InChI=1S/C11H14N6O/c1-17-6-13-9(16-17)5-12-8-4-10(18)15-11(14-8)7-2-3-7/h4,6-7H,2-3,5H2,1H3,(H2,12,14,15,18). The van der Waals surface area contributed by atoms with E-state index in [2.05, 4.69) is 25.4 Å². The topological polar surface area (TPSA) is 88.5 Å². The third kappa shape index (κ3) is 2.39. The number of rotatable bonds is 4. The second-order valence-corrected chi connectivity index (χ2v) is 4.48. The molecule has 94 valence electrons. The van der Waals surface area contributed by atoms with Gasteiger partial charge in [-0.15, -0.1) is 0 Å². The molecule has 0 aliphatic heterocycles. The van der Waals surface area contributed by atoms with Gasteiger partial charge in [-0.25, -0.2) is 9.97 Å². The highest BCUT2D eigenvalue weighted by atomic mass is 16.1. The van der Waals surface area contributed by atoms with E-state index < -0.39 is 0 Å². The van der Waals surface area contributed by atoms with Gasteiger partial charge in [0, 0.05) is 19.0 Å². The summed E-state index contributed by atoms with van der Waals surface area (Å²) in [6.45, 7) is 0.460. The summed E-state index contributed by atoms with van der Waals surface area (Å²) in [6.07, 6.45) is 3.85. The number of hydrogen-bond acceptors (Lipinski definition) is 5. The number of nitrogens with zero attached hydrogens (tertiary/aromatic N) is 4. The predicted molar refractivity (Wildman–Crippen MR) is 65.2 cm³/mol. The summed E-state index contributed by atoms with van der Waals surface area (Å²) in [5.74, 6) is 2.45. The van der Waals surface area contributed by atoms with E-state index in [1.807, 2.05) is 7.05 Å². The van der Waals surface area contributed by atoms with Crippen molar-refractivity contribution in [2.45, 2.75) is 25.3 Å². The summed E-state index contributed by atoms with van der Waals surface area (Å²) < 4.78 is 1.64. The molecule has 3 rings (SSSR count). The molecule has 7 heteroatoms. The number of aromatic nitrogens is 5. The Morgan fingerprint density at radius 3 is 3.06 bits per heavy atom. The highest BCUT2D eigenvalue weighted by Gasteiger charge is 2.26. The molecule has 1 saturated carbocycles. The zero-order valence-corrected chi connectivity index (χ0v) is 10.1. The number of nitrogens with one attached hydrogen (secondary N) is 2. The van der Waals surface area contributed by atoms with Crippen LogP contribution in [0.25, 0.3) is 0 Å². The van der Waals surface area contributed by atoms with Gasteiger partial charge < -0.3 is 10.3 Å². The van der Waals surface area contributed by atoms with Crippen LogP contribution in [0, 0.1) is 0 Å². The largest absolute Gasteiger partial charge is 0.362 e. The maximum absolute atomic E-state index is 11.5. The first-order chi connectivity index (χ1) is 8.70. The predicted octanol–water partition coefficient (Wildman–Crippen LogP) is 0.388. The molecule has 18 heavy (non-hydrogen) atoms. The SMILES string of the molecule is Cn1cnc(CNc2cc(=O)[nH]c(C3CC3)n2)n1. The summed E-state index contributed by atoms with van der Waals surface area (Å²) in [7, 11) is 1.81. The van der Waals surface area contributed by atoms with Crippen molar-refractivity contribution in [1.29, 1.82) is 0 Å². The molecule has 0 saturated heterocycles. The third-order valence-electron chi connectivity index (χ3n) is 2.80. The Morgan fingerprint density at radius 2 is 2.39 bits per heavy atom. The van der Waals surface area contributed by atoms with Gasteiger partial charge >= 0.3 is 0 Å². The average Bonchev–Trinajstić information content (AvgIpc) is 3.10. The molecule has 7 nitrogen and oxygen atoms in total. The van der Waals surface area contributed by atoms with Gasteiger partial charge in [0.25, 0.3) is 5.56 Å². The Bertz CT molecular complexity index is 612. The van der Waals surface area contributed by atoms with Gasteiger partial charge in [0.05, 0.1) is 6.54 Å². The van der Waals surface area contributed by atoms with Crippen molar-refractivity contribution in [2.24, 2.45) is 7.05 Å². The van der Waals surface area contributed by atoms with Crippen molar-refractivity contribution in [2.75, 3.05) is 5.32 Å². The molecule has 0 spiro atoms. The Balaban J connectivity index is 1.73. The molecule has 0 unspecified atom stereocenters. The van der Waals surface area contributed by atoms with Gasteiger partial charge in [-0.2, -0.15) is 5.10 Å². The van der Waals surface area contributed by atoms with Gasteiger partial charge in [-0.3, -0.25) is 9.48 Å². The first-order valence-corrected chi connectivity index (χ1v) is 5.90. The molecule has 0 bridgehead atoms. The van der Waals surface area contributed by atoms with Gasteiger partial charge in [0.15, 0.2) is 5.82 Å². The minimum Gasteiger partial charge on any atom is -0.362 e. The summed E-state index contributed by atoms with van der Waals surface area (Å²) in [5, 5.41) is 7.22. The monoisotopic (exact) mass is 246 g/mol. The molecule has 1 aliphatic carbocycles. The summed E-state index contributed by atoms with van der Waals surface area (Å²) in [4.78, 5) is 22.7. The molecule has 0 aromatic carbocycles. The van der Waals surface area contributed by atoms with E-state index in [0.717, 1.165) is 18.7 Å². The fraction of sp³-hybridized carbons (Fsp3) is 0.455. The maximum atomic E-state index is 11.5. The van der Waals surface area contributed by atoms with Crippen molar-refractivity contribution in [3.63, 3.8) is 0 Å². The number of anilines is 1. The van der Waals surface area contributed by atoms with Crippen LogP contribution < -0.4 is 10.9 Å². The molecule has 2 heterocycles. The summed E-state index contributed by atoms with van der Waals surface area (Å²) >= 11 is 0. The Hall–Kier alpha value is -2.18. The van der Waals surface area contributed by atoms with Crippen LogP contribution in [0.2, 0.25) is 0 Å². The van der Waals surface area contributed by atoms with Crippen LogP contribution in [0.5, 0.6) is 0 Å². The quantitative estimate of drug-likeness (QED) is 0.814. The normalized spacial score (nSPS) is 14.7. The minimum atomic E-state index is -0.122. The first-order valence-electron chi connectivity index (χ1n) is 5.90. The van der Waals surface area contributed by atoms with E-state index in [9.17, 15) is 4.79 Å². The highest BCUT2D eigenvalue weighted by Crippen LogP contribution is 2.37. The Kier molecular flexibility index (Phi) is 2.58. The van der Waals surface area contributed by atoms with E-state index in [4.69, 9.17) is 0 Å². The molecule has 2 aromatic rings. The minimum absolute atomic E-state index is 0.122. The fourth-order valence-electron chi connectivity index (χ4n) is 1.75. The lowest BCUT2D eigenvalue weighted by molar-refractivity contribution is 0.746. The number of aromatic amines is 1. The summed E-state index contributed by atoms with van der Waals surface area (Å²) in [6, 6.07) is 1.45. The molecule has 0 radical (unpaired) electrons. The maximum Gasteiger partial charge on any atom is 0.252 e. The van der Waals surface area contributed by atoms with Crippen molar-refractivity contribution >= 4 is 5.82 Å². The lowest BCUT2D eigenvalue weighted by atomic mass is 10.4. The van der Waals surface area contributed by atoms with Crippen LogP contribution in [-0.4, -0.2) is 24.7 Å². The van der Waals surface area contributed by atoms with E-state index >= 15 is 0 Å². The average molecular weight is 246 g/mol. The Morgan fingerprint density at radius 1 is 1.56 bits per heavy atom. The van der Waals surface area contributed by atoms with Crippen LogP contribution >= 0.6 is 0 Å². The second kappa shape index (κ2) is 4.25. The van der Waals surface area contributed by atoms with Crippen molar-refractivity contribution < 1.29 is 0 Å². The van der Waals surface area contributed by atoms with Crippen LogP contribution in [-0.2, 0) is 13.6 Å². The molecule has 1 fully saturated rings. The zero-order valence-electron chi connectivity index (χ0n) is 10.1. The van der Waals surface area contributed by atoms with Gasteiger partial charge in [0.2, 0.25) is 0 Å². The molecule has 2 aromatic heterocycles. The van der Waals surface area contributed by atoms with Crippen molar-refractivity contribution in [3.8, 4) is 0 Å². The van der Waals surface area contributed by atoms with Crippen molar-refractivity contribution in [1.82, 2.24) is 24.7 Å². The first kappa shape index (κ1) is 10.9. The van der Waals surface area contributed by atoms with Crippen LogP contribution in [0.3, 0.4) is 0 Å². The van der Waals surface area contributed by atoms with E-state index in [1.54, 1.807) is 11.0 Å². The molecule has 1 aliphatic rings. The zero-order chi connectivity index (χ0) is 12.5. The molecular weight excluding hydrogens is 232 g/mol. The van der Waals surface area contributed by atoms with Gasteiger partial charge in [-0.1, -0.05) is 0 Å². The van der Waals surface area contributed by atoms with Crippen LogP contribution in [0.15, 0.2) is 17.2 Å². The van der Waals surface area contributed by atoms with Crippen molar-refractivity contribution in [3.05, 3.63) is 34.4 Å². The second-order valence-electron chi connectivity index (χ2n) is 4.48. The number of aryl methyl sites for hydroxylation is 1. The van der Waals surface area contributed by atoms with E-state index in [-0.39, 0.29) is 5.56 Å².